The van der Waals surface area contributed by atoms with Crippen molar-refractivity contribution in [1.82, 2.24) is 0 Å². The summed E-state index contributed by atoms with van der Waals surface area (Å²) in [4.78, 5) is 35.5. The van der Waals surface area contributed by atoms with Gasteiger partial charge in [0.2, 0.25) is 5.60 Å². The summed E-state index contributed by atoms with van der Waals surface area (Å²) >= 11 is 0. The zero-order chi connectivity index (χ0) is 19.1. The van der Waals surface area contributed by atoms with Crippen molar-refractivity contribution in [2.24, 2.45) is 23.2 Å². The largest absolute Gasteiger partial charge is 0.443 e. The summed E-state index contributed by atoms with van der Waals surface area (Å²) in [5.74, 6) is 1.25. The van der Waals surface area contributed by atoms with E-state index < -0.39 is 17.5 Å². The monoisotopic (exact) mass is 362 g/mol. The van der Waals surface area contributed by atoms with Crippen molar-refractivity contribution in [3.63, 3.8) is 0 Å². The van der Waals surface area contributed by atoms with Crippen LogP contribution < -0.4 is 0 Å². The van der Waals surface area contributed by atoms with Gasteiger partial charge in [-0.05, 0) is 56.3 Å². The fourth-order valence-corrected chi connectivity index (χ4v) is 5.58. The van der Waals surface area contributed by atoms with Crippen LogP contribution in [-0.2, 0) is 23.9 Å². The molecule has 5 atom stereocenters. The number of hydrogen-bond donors (Lipinski definition) is 0. The number of cyclic esters (lactones) is 1. The second-order valence-electron chi connectivity index (χ2n) is 8.78. The van der Waals surface area contributed by atoms with E-state index in [9.17, 15) is 14.4 Å². The van der Waals surface area contributed by atoms with Gasteiger partial charge in [-0.2, -0.15) is 0 Å². The number of carbonyl (C=O) groups is 3. The quantitative estimate of drug-likeness (QED) is 0.693. The Bertz CT molecular complexity index is 651. The van der Waals surface area contributed by atoms with Gasteiger partial charge < -0.3 is 9.47 Å². The molecule has 0 N–H and O–H groups in total. The number of carbonyl (C=O) groups excluding carboxylic acids is 3. The van der Waals surface area contributed by atoms with Gasteiger partial charge in [0.05, 0.1) is 0 Å². The van der Waals surface area contributed by atoms with Gasteiger partial charge in [-0.3, -0.25) is 9.59 Å². The molecule has 26 heavy (non-hydrogen) atoms. The first kappa shape index (κ1) is 19.1. The minimum atomic E-state index is -1.30. The van der Waals surface area contributed by atoms with Crippen LogP contribution >= 0.6 is 0 Å². The molecule has 0 spiro atoms. The Labute approximate surface area is 155 Å². The van der Waals surface area contributed by atoms with Crippen molar-refractivity contribution in [3.8, 4) is 0 Å². The molecule has 0 radical (unpaired) electrons. The molecule has 2 fully saturated rings. The summed E-state index contributed by atoms with van der Waals surface area (Å²) in [6.07, 6.45) is 8.21. The van der Waals surface area contributed by atoms with Crippen molar-refractivity contribution < 1.29 is 23.9 Å². The highest BCUT2D eigenvalue weighted by atomic mass is 16.6. The molecule has 5 nitrogen and oxygen atoms in total. The lowest BCUT2D eigenvalue weighted by Gasteiger charge is -2.42. The van der Waals surface area contributed by atoms with Crippen LogP contribution in [0.1, 0.15) is 72.6 Å². The first-order valence-corrected chi connectivity index (χ1v) is 9.82. The number of fused-ring (bicyclic) bond motifs is 1. The Kier molecular flexibility index (Phi) is 5.02. The summed E-state index contributed by atoms with van der Waals surface area (Å²) in [6, 6.07) is 0. The normalized spacial score (nSPS) is 37.8. The third-order valence-corrected chi connectivity index (χ3v) is 6.89. The van der Waals surface area contributed by atoms with Gasteiger partial charge in [-0.15, -0.1) is 0 Å². The number of allylic oxidation sites excluding steroid dienone is 1. The number of ketones is 1. The highest BCUT2D eigenvalue weighted by Crippen LogP contribution is 2.57. The maximum absolute atomic E-state index is 12.3. The average Bonchev–Trinajstić information content (AvgIpc) is 3.02. The van der Waals surface area contributed by atoms with Crippen molar-refractivity contribution in [3.05, 3.63) is 11.8 Å². The van der Waals surface area contributed by atoms with Crippen LogP contribution in [0.5, 0.6) is 0 Å². The van der Waals surface area contributed by atoms with Crippen LogP contribution in [0.15, 0.2) is 11.8 Å². The Morgan fingerprint density at radius 1 is 1.35 bits per heavy atom. The molecule has 0 saturated heterocycles. The van der Waals surface area contributed by atoms with Gasteiger partial charge in [-0.25, -0.2) is 4.79 Å². The zero-order valence-electron chi connectivity index (χ0n) is 16.3. The van der Waals surface area contributed by atoms with Gasteiger partial charge in [0, 0.05) is 31.8 Å². The van der Waals surface area contributed by atoms with Gasteiger partial charge in [0.25, 0.3) is 0 Å². The second-order valence-corrected chi connectivity index (χ2v) is 8.78. The van der Waals surface area contributed by atoms with E-state index in [2.05, 4.69) is 13.8 Å². The summed E-state index contributed by atoms with van der Waals surface area (Å²) < 4.78 is 10.4. The van der Waals surface area contributed by atoms with Crippen LogP contribution in [0.2, 0.25) is 0 Å². The van der Waals surface area contributed by atoms with Crippen molar-refractivity contribution in [2.75, 3.05) is 0 Å². The number of hydrogen-bond acceptors (Lipinski definition) is 5. The van der Waals surface area contributed by atoms with E-state index in [1.54, 1.807) is 13.0 Å². The number of Topliss-reactive ketones (excluding diaryl/α,β-unsaturated/α-hetero) is 1. The SMILES string of the molecule is CC(=O)O[C@@]1(C)C=C(CC[C@@H](C)[C@H]2CCC3C(=O)CCC[C@]32C)OC1=O. The highest BCUT2D eigenvalue weighted by molar-refractivity contribution is 5.88. The summed E-state index contributed by atoms with van der Waals surface area (Å²) in [7, 11) is 0. The van der Waals surface area contributed by atoms with Crippen molar-refractivity contribution >= 4 is 17.7 Å². The molecular weight excluding hydrogens is 332 g/mol. The van der Waals surface area contributed by atoms with Gasteiger partial charge in [-0.1, -0.05) is 13.8 Å². The van der Waals surface area contributed by atoms with Crippen LogP contribution in [-0.4, -0.2) is 23.3 Å². The third kappa shape index (κ3) is 3.33. The predicted octanol–water partition coefficient (Wildman–Crippen LogP) is 3.95. The van der Waals surface area contributed by atoms with Gasteiger partial charge in [0.1, 0.15) is 11.5 Å². The van der Waals surface area contributed by atoms with E-state index in [4.69, 9.17) is 9.47 Å². The summed E-state index contributed by atoms with van der Waals surface area (Å²) in [5.41, 5.74) is -1.17. The fourth-order valence-electron chi connectivity index (χ4n) is 5.58. The van der Waals surface area contributed by atoms with Gasteiger partial charge >= 0.3 is 11.9 Å². The lowest BCUT2D eigenvalue weighted by molar-refractivity contribution is -0.167. The molecule has 3 rings (SSSR count). The molecule has 0 aromatic carbocycles. The molecule has 0 bridgehead atoms. The summed E-state index contributed by atoms with van der Waals surface area (Å²) in [6.45, 7) is 7.40. The lowest BCUT2D eigenvalue weighted by atomic mass is 9.62. The molecular formula is C21H30O5. The molecule has 0 aromatic heterocycles. The number of ether oxygens (including phenoxy) is 2. The van der Waals surface area contributed by atoms with E-state index in [1.807, 2.05) is 0 Å². The van der Waals surface area contributed by atoms with Crippen molar-refractivity contribution in [2.45, 2.75) is 78.2 Å². The molecule has 1 unspecified atom stereocenters. The highest BCUT2D eigenvalue weighted by Gasteiger charge is 2.52. The Morgan fingerprint density at radius 3 is 2.77 bits per heavy atom. The molecule has 0 amide bonds. The zero-order valence-corrected chi connectivity index (χ0v) is 16.3. The molecule has 3 aliphatic rings. The van der Waals surface area contributed by atoms with E-state index >= 15 is 0 Å². The standard InChI is InChI=1S/C21H30O5/c1-13(16-9-10-17-18(23)6-5-11-20(16,17)3)7-8-15-12-21(4,19(24)25-15)26-14(2)22/h12-13,16-17H,5-11H2,1-4H3/t13-,16-,17?,20+,21+/m1/s1. The van der Waals surface area contributed by atoms with Crippen molar-refractivity contribution in [1.29, 1.82) is 0 Å². The fraction of sp³-hybridized carbons (Fsp3) is 0.762. The third-order valence-electron chi connectivity index (χ3n) is 6.89. The molecule has 2 saturated carbocycles. The first-order valence-electron chi connectivity index (χ1n) is 9.82. The molecule has 144 valence electrons. The second kappa shape index (κ2) is 6.82. The molecule has 1 heterocycles. The smallest absolute Gasteiger partial charge is 0.359 e. The summed E-state index contributed by atoms with van der Waals surface area (Å²) in [5, 5.41) is 0. The number of rotatable bonds is 5. The molecule has 2 aliphatic carbocycles. The van der Waals surface area contributed by atoms with E-state index in [0.717, 1.165) is 38.5 Å². The molecule has 1 aliphatic heterocycles. The molecule has 5 heteroatoms. The van der Waals surface area contributed by atoms with E-state index in [0.29, 0.717) is 29.8 Å². The van der Waals surface area contributed by atoms with E-state index in [1.165, 1.54) is 6.92 Å². The first-order chi connectivity index (χ1) is 12.2. The van der Waals surface area contributed by atoms with Crippen LogP contribution in [0.25, 0.3) is 0 Å². The van der Waals surface area contributed by atoms with E-state index in [-0.39, 0.29) is 11.3 Å². The maximum atomic E-state index is 12.3. The molecule has 0 aromatic rings. The predicted molar refractivity (Wildman–Crippen MR) is 95.9 cm³/mol. The minimum Gasteiger partial charge on any atom is -0.443 e. The minimum absolute atomic E-state index is 0.127. The topological polar surface area (TPSA) is 69.7 Å². The number of esters is 2. The lowest BCUT2D eigenvalue weighted by Crippen LogP contribution is -2.39. The average molecular weight is 362 g/mol. The Hall–Kier alpha value is -1.65. The van der Waals surface area contributed by atoms with Crippen LogP contribution in [0, 0.1) is 23.2 Å². The maximum Gasteiger partial charge on any atom is 0.359 e. The van der Waals surface area contributed by atoms with Crippen LogP contribution in [0.4, 0.5) is 0 Å². The Balaban J connectivity index is 1.62. The van der Waals surface area contributed by atoms with Crippen LogP contribution in [0.3, 0.4) is 0 Å². The van der Waals surface area contributed by atoms with Gasteiger partial charge in [0.15, 0.2) is 0 Å². The Morgan fingerprint density at radius 2 is 2.08 bits per heavy atom.